The second-order valence-electron chi connectivity index (χ2n) is 5.75. The Labute approximate surface area is 140 Å². The van der Waals surface area contributed by atoms with Gasteiger partial charge in [0.2, 0.25) is 0 Å². The first kappa shape index (κ1) is 17.1. The van der Waals surface area contributed by atoms with E-state index in [0.29, 0.717) is 17.7 Å². The van der Waals surface area contributed by atoms with E-state index in [1.165, 1.54) is 18.2 Å². The molecule has 1 aliphatic heterocycles. The van der Waals surface area contributed by atoms with Crippen molar-refractivity contribution in [1.82, 2.24) is 4.98 Å². The molecule has 130 valence electrons. The second-order valence-corrected chi connectivity index (χ2v) is 5.75. The van der Waals surface area contributed by atoms with Gasteiger partial charge in [0.15, 0.2) is 5.69 Å². The van der Waals surface area contributed by atoms with Crippen molar-refractivity contribution in [3.05, 3.63) is 58.3 Å². The summed E-state index contributed by atoms with van der Waals surface area (Å²) in [4.78, 5) is 5.43. The molecule has 0 aliphatic carbocycles. The minimum Gasteiger partial charge on any atom is -0.349 e. The number of halogens is 5. The topological polar surface area (TPSA) is 39.9 Å². The van der Waals surface area contributed by atoms with Crippen molar-refractivity contribution in [1.29, 1.82) is 5.26 Å². The van der Waals surface area contributed by atoms with Gasteiger partial charge in [-0.25, -0.2) is 13.8 Å². The van der Waals surface area contributed by atoms with E-state index in [9.17, 15) is 22.0 Å². The molecule has 1 aromatic heterocycles. The molecule has 1 aromatic carbocycles. The van der Waals surface area contributed by atoms with Gasteiger partial charge in [0.25, 0.3) is 0 Å². The van der Waals surface area contributed by atoms with Crippen LogP contribution in [0.2, 0.25) is 0 Å². The first-order chi connectivity index (χ1) is 11.7. The maximum Gasteiger partial charge on any atom is 0.419 e. The van der Waals surface area contributed by atoms with Gasteiger partial charge in [-0.3, -0.25) is 0 Å². The van der Waals surface area contributed by atoms with E-state index in [1.54, 1.807) is 11.8 Å². The number of nitrogens with zero attached hydrogens (tertiary/aromatic N) is 3. The molecule has 2 aromatic rings. The van der Waals surface area contributed by atoms with Crippen LogP contribution in [-0.2, 0) is 12.6 Å². The molecular weight excluding hydrogens is 341 g/mol. The third kappa shape index (κ3) is 3.02. The molecule has 0 bridgehead atoms. The maximum atomic E-state index is 13.9. The monoisotopic (exact) mass is 353 g/mol. The van der Waals surface area contributed by atoms with Gasteiger partial charge in [-0.1, -0.05) is 0 Å². The largest absolute Gasteiger partial charge is 0.419 e. The zero-order chi connectivity index (χ0) is 18.4. The number of nitriles is 1. The van der Waals surface area contributed by atoms with E-state index >= 15 is 0 Å². The Morgan fingerprint density at radius 1 is 1.24 bits per heavy atom. The van der Waals surface area contributed by atoms with E-state index in [1.807, 2.05) is 0 Å². The lowest BCUT2D eigenvalue weighted by Gasteiger charge is -2.36. The van der Waals surface area contributed by atoms with Crippen LogP contribution in [0.4, 0.5) is 27.8 Å². The number of aromatic nitrogens is 1. The van der Waals surface area contributed by atoms with Crippen LogP contribution in [-0.4, -0.2) is 11.5 Å². The van der Waals surface area contributed by atoms with Crippen LogP contribution in [0, 0.1) is 23.0 Å². The lowest BCUT2D eigenvalue weighted by molar-refractivity contribution is -0.138. The van der Waals surface area contributed by atoms with Gasteiger partial charge in [-0.2, -0.15) is 18.4 Å². The normalized spacial score (nSPS) is 17.2. The molecular formula is C17H12F5N3. The number of alkyl halides is 3. The molecule has 3 rings (SSSR count). The van der Waals surface area contributed by atoms with E-state index in [-0.39, 0.29) is 12.2 Å². The molecule has 0 fully saturated rings. The van der Waals surface area contributed by atoms with Crippen molar-refractivity contribution < 1.29 is 22.0 Å². The van der Waals surface area contributed by atoms with Gasteiger partial charge in [-0.05, 0) is 42.7 Å². The molecule has 8 heteroatoms. The summed E-state index contributed by atoms with van der Waals surface area (Å²) >= 11 is 0. The van der Waals surface area contributed by atoms with Crippen LogP contribution in [0.15, 0.2) is 24.3 Å². The lowest BCUT2D eigenvalue weighted by atomic mass is 9.93. The average molecular weight is 353 g/mol. The molecule has 2 heterocycles. The van der Waals surface area contributed by atoms with E-state index in [4.69, 9.17) is 5.26 Å². The molecule has 0 saturated heterocycles. The summed E-state index contributed by atoms with van der Waals surface area (Å²) < 4.78 is 66.1. The van der Waals surface area contributed by atoms with Crippen LogP contribution < -0.4 is 4.90 Å². The Hall–Kier alpha value is -2.69. The number of fused-ring (bicyclic) bond motifs is 1. The summed E-state index contributed by atoms with van der Waals surface area (Å²) in [6.45, 7) is 1.97. The minimum absolute atomic E-state index is 0.160. The molecule has 0 amide bonds. The Balaban J connectivity index is 2.02. The molecule has 1 unspecified atom stereocenters. The molecule has 0 saturated carbocycles. The molecule has 3 nitrogen and oxygen atoms in total. The van der Waals surface area contributed by atoms with Crippen molar-refractivity contribution in [2.45, 2.75) is 25.6 Å². The summed E-state index contributed by atoms with van der Waals surface area (Å²) in [6.07, 6.45) is -4.42. The summed E-state index contributed by atoms with van der Waals surface area (Å²) in [6, 6.07) is 4.95. The van der Waals surface area contributed by atoms with Crippen molar-refractivity contribution >= 4 is 5.82 Å². The predicted octanol–water partition coefficient (Wildman–Crippen LogP) is 4.37. The number of anilines is 1. The van der Waals surface area contributed by atoms with Gasteiger partial charge in [0.1, 0.15) is 23.5 Å². The van der Waals surface area contributed by atoms with Crippen LogP contribution >= 0.6 is 0 Å². The second kappa shape index (κ2) is 5.99. The number of pyridine rings is 1. The summed E-state index contributed by atoms with van der Waals surface area (Å²) in [5, 5.41) is 8.97. The van der Waals surface area contributed by atoms with Crippen LogP contribution in [0.3, 0.4) is 0 Å². The van der Waals surface area contributed by atoms with Gasteiger partial charge in [-0.15, -0.1) is 0 Å². The third-order valence-electron chi connectivity index (χ3n) is 4.30. The van der Waals surface area contributed by atoms with Crippen molar-refractivity contribution in [2.75, 3.05) is 11.4 Å². The summed E-state index contributed by atoms with van der Waals surface area (Å²) in [7, 11) is 0. The quantitative estimate of drug-likeness (QED) is 0.715. The van der Waals surface area contributed by atoms with Crippen LogP contribution in [0.5, 0.6) is 0 Å². The molecule has 1 aliphatic rings. The Bertz CT molecular complexity index is 870. The van der Waals surface area contributed by atoms with E-state index in [2.05, 4.69) is 4.98 Å². The van der Waals surface area contributed by atoms with Gasteiger partial charge in [0.05, 0.1) is 11.6 Å². The fraction of sp³-hybridized carbons (Fsp3) is 0.294. The van der Waals surface area contributed by atoms with Crippen molar-refractivity contribution in [3.63, 3.8) is 0 Å². The highest BCUT2D eigenvalue weighted by Crippen LogP contribution is 2.36. The predicted molar refractivity (Wildman–Crippen MR) is 79.8 cm³/mol. The molecule has 0 radical (unpaired) electrons. The first-order valence-electron chi connectivity index (χ1n) is 7.45. The fourth-order valence-electron chi connectivity index (χ4n) is 3.09. The highest BCUT2D eigenvalue weighted by molar-refractivity contribution is 5.51. The maximum absolute atomic E-state index is 13.9. The third-order valence-corrected chi connectivity index (χ3v) is 4.30. The summed E-state index contributed by atoms with van der Waals surface area (Å²) in [5.74, 6) is -1.20. The van der Waals surface area contributed by atoms with Gasteiger partial charge >= 0.3 is 6.18 Å². The molecule has 0 N–H and O–H groups in total. The average Bonchev–Trinajstić information content (AvgIpc) is 2.54. The minimum atomic E-state index is -4.68. The zero-order valence-electron chi connectivity index (χ0n) is 13.0. The number of hydrogen-bond acceptors (Lipinski definition) is 3. The SMILES string of the molecule is CC1c2cc(F)cc(F)c2CCN1c1ccc(C(F)(F)F)c(C#N)n1. The Kier molecular flexibility index (Phi) is 4.11. The number of rotatable bonds is 1. The lowest BCUT2D eigenvalue weighted by Crippen LogP contribution is -2.35. The molecule has 1 atom stereocenters. The first-order valence-corrected chi connectivity index (χ1v) is 7.45. The zero-order valence-corrected chi connectivity index (χ0v) is 13.0. The smallest absolute Gasteiger partial charge is 0.349 e. The van der Waals surface area contributed by atoms with Gasteiger partial charge < -0.3 is 4.90 Å². The highest BCUT2D eigenvalue weighted by atomic mass is 19.4. The van der Waals surface area contributed by atoms with Crippen LogP contribution in [0.1, 0.15) is 35.3 Å². The Morgan fingerprint density at radius 2 is 1.96 bits per heavy atom. The standard InChI is InChI=1S/C17H12F5N3/c1-9-12-6-10(18)7-14(19)11(12)4-5-25(9)16-3-2-13(17(20,21)22)15(8-23)24-16/h2-3,6-7,9H,4-5H2,1H3. The van der Waals surface area contributed by atoms with Gasteiger partial charge in [0, 0.05) is 12.6 Å². The number of hydrogen-bond donors (Lipinski definition) is 0. The van der Waals surface area contributed by atoms with E-state index < -0.39 is 35.1 Å². The Morgan fingerprint density at radius 3 is 2.60 bits per heavy atom. The van der Waals surface area contributed by atoms with Crippen molar-refractivity contribution in [2.24, 2.45) is 0 Å². The molecule has 0 spiro atoms. The van der Waals surface area contributed by atoms with Crippen molar-refractivity contribution in [3.8, 4) is 6.07 Å². The van der Waals surface area contributed by atoms with E-state index in [0.717, 1.165) is 12.1 Å². The van der Waals surface area contributed by atoms with Crippen LogP contribution in [0.25, 0.3) is 0 Å². The summed E-state index contributed by atoms with van der Waals surface area (Å²) in [5.41, 5.74) is -1.03. The highest BCUT2D eigenvalue weighted by Gasteiger charge is 2.35. The molecule has 25 heavy (non-hydrogen) atoms. The number of benzene rings is 1. The fourth-order valence-corrected chi connectivity index (χ4v) is 3.09.